The first-order valence-corrected chi connectivity index (χ1v) is 14.7. The second kappa shape index (κ2) is 9.35. The topological polar surface area (TPSA) is 3.24 Å². The van der Waals surface area contributed by atoms with Gasteiger partial charge in [-0.3, -0.25) is 0 Å². The maximum absolute atomic E-state index is 2.44. The van der Waals surface area contributed by atoms with Gasteiger partial charge in [0.25, 0.3) is 0 Å². The van der Waals surface area contributed by atoms with E-state index < -0.39 is 0 Å². The molecular formula is C40H37N. The maximum atomic E-state index is 2.44. The Balaban J connectivity index is 1.34. The molecule has 0 spiro atoms. The van der Waals surface area contributed by atoms with Crippen molar-refractivity contribution in [2.45, 2.75) is 44.9 Å². The molecule has 0 fully saturated rings. The number of hydrogen-bond acceptors (Lipinski definition) is 1. The predicted octanol–water partition coefficient (Wildman–Crippen LogP) is 10.1. The summed E-state index contributed by atoms with van der Waals surface area (Å²) < 4.78 is 0. The van der Waals surface area contributed by atoms with Crippen LogP contribution in [0.15, 0.2) is 133 Å². The summed E-state index contributed by atoms with van der Waals surface area (Å²) >= 11 is 0. The van der Waals surface area contributed by atoms with Crippen LogP contribution in [0.2, 0.25) is 0 Å². The van der Waals surface area contributed by atoms with Crippen LogP contribution in [0.25, 0.3) is 27.1 Å². The molecule has 5 aromatic rings. The van der Waals surface area contributed by atoms with E-state index >= 15 is 0 Å². The first kappa shape index (κ1) is 25.6. The fraction of sp³-hybridized carbons (Fsp3) is 0.200. The van der Waals surface area contributed by atoms with Gasteiger partial charge in [0, 0.05) is 29.3 Å². The lowest BCUT2D eigenvalue weighted by Gasteiger charge is -2.29. The Hall–Kier alpha value is -4.36. The molecule has 1 nitrogen and oxygen atoms in total. The summed E-state index contributed by atoms with van der Waals surface area (Å²) in [5, 5.41) is 5.31. The van der Waals surface area contributed by atoms with Crippen molar-refractivity contribution in [3.63, 3.8) is 0 Å². The lowest BCUT2D eigenvalue weighted by molar-refractivity contribution is 0.578. The largest absolute Gasteiger partial charge is 0.347 e. The van der Waals surface area contributed by atoms with Crippen LogP contribution < -0.4 is 4.90 Å². The molecule has 1 aliphatic carbocycles. The van der Waals surface area contributed by atoms with Gasteiger partial charge < -0.3 is 4.90 Å². The number of anilines is 1. The van der Waals surface area contributed by atoms with Crippen molar-refractivity contribution in [1.82, 2.24) is 0 Å². The number of benzene rings is 5. The molecule has 0 N–H and O–H groups in total. The zero-order valence-electron chi connectivity index (χ0n) is 24.7. The van der Waals surface area contributed by atoms with E-state index in [-0.39, 0.29) is 10.8 Å². The number of nitrogens with zero attached hydrogens (tertiary/aromatic N) is 1. The lowest BCUT2D eigenvalue weighted by Crippen LogP contribution is -2.25. The highest BCUT2D eigenvalue weighted by Gasteiger charge is 2.41. The minimum Gasteiger partial charge on any atom is -0.347 e. The molecule has 1 aliphatic heterocycles. The number of allylic oxidation sites excluding steroid dienone is 6. The third kappa shape index (κ3) is 3.83. The van der Waals surface area contributed by atoms with E-state index in [2.05, 4.69) is 161 Å². The van der Waals surface area contributed by atoms with Crippen molar-refractivity contribution in [2.75, 3.05) is 11.9 Å². The molecule has 1 heterocycles. The van der Waals surface area contributed by atoms with Gasteiger partial charge in [0.05, 0.1) is 0 Å². The van der Waals surface area contributed by atoms with Gasteiger partial charge in [0.2, 0.25) is 0 Å². The average molecular weight is 532 g/mol. The minimum atomic E-state index is -0.115. The highest BCUT2D eigenvalue weighted by Crippen LogP contribution is 2.52. The van der Waals surface area contributed by atoms with Crippen LogP contribution in [-0.2, 0) is 17.3 Å². The Morgan fingerprint density at radius 2 is 1.34 bits per heavy atom. The van der Waals surface area contributed by atoms with Crippen molar-refractivity contribution in [3.8, 4) is 0 Å². The molecule has 0 aromatic heterocycles. The van der Waals surface area contributed by atoms with E-state index in [9.17, 15) is 0 Å². The van der Waals surface area contributed by atoms with Crippen LogP contribution in [0, 0.1) is 0 Å². The smallest absolute Gasteiger partial charge is 0.0454 e. The summed E-state index contributed by atoms with van der Waals surface area (Å²) in [4.78, 5) is 2.38. The number of likely N-dealkylation sites (N-methyl/N-ethyl adjacent to an activating group) is 1. The Labute approximate surface area is 244 Å². The number of rotatable bonds is 4. The van der Waals surface area contributed by atoms with Gasteiger partial charge in [-0.05, 0) is 80.4 Å². The molecule has 1 heteroatoms. The van der Waals surface area contributed by atoms with Crippen LogP contribution >= 0.6 is 0 Å². The molecule has 0 bridgehead atoms. The molecule has 41 heavy (non-hydrogen) atoms. The van der Waals surface area contributed by atoms with Crippen LogP contribution in [0.4, 0.5) is 5.69 Å². The predicted molar refractivity (Wildman–Crippen MR) is 177 cm³/mol. The summed E-state index contributed by atoms with van der Waals surface area (Å²) in [6.45, 7) is 9.48. The van der Waals surface area contributed by atoms with Crippen LogP contribution in [0.5, 0.6) is 0 Å². The summed E-state index contributed by atoms with van der Waals surface area (Å²) in [5.41, 5.74) is 10.8. The van der Waals surface area contributed by atoms with Crippen molar-refractivity contribution in [1.29, 1.82) is 0 Å². The van der Waals surface area contributed by atoms with Crippen LogP contribution in [0.1, 0.15) is 49.9 Å². The normalized spacial score (nSPS) is 20.5. The fourth-order valence-electron chi connectivity index (χ4n) is 7.76. The molecule has 0 amide bonds. The van der Waals surface area contributed by atoms with Crippen LogP contribution in [0.3, 0.4) is 0 Å². The molecule has 2 aliphatic rings. The molecule has 0 saturated carbocycles. The van der Waals surface area contributed by atoms with Crippen molar-refractivity contribution in [3.05, 3.63) is 155 Å². The van der Waals surface area contributed by atoms with Crippen molar-refractivity contribution in [2.24, 2.45) is 0 Å². The van der Waals surface area contributed by atoms with E-state index in [1.54, 1.807) is 0 Å². The fourth-order valence-corrected chi connectivity index (χ4v) is 7.76. The third-order valence-corrected chi connectivity index (χ3v) is 9.71. The van der Waals surface area contributed by atoms with E-state index in [1.165, 1.54) is 66.3 Å². The Morgan fingerprint density at radius 3 is 2.10 bits per heavy atom. The molecule has 1 unspecified atom stereocenters. The molecule has 0 radical (unpaired) electrons. The van der Waals surface area contributed by atoms with E-state index in [4.69, 9.17) is 0 Å². The Bertz CT molecular complexity index is 1920. The van der Waals surface area contributed by atoms with Crippen molar-refractivity contribution >= 4 is 32.8 Å². The third-order valence-electron chi connectivity index (χ3n) is 9.71. The molecule has 202 valence electrons. The van der Waals surface area contributed by atoms with Gasteiger partial charge in [0.1, 0.15) is 0 Å². The summed E-state index contributed by atoms with van der Waals surface area (Å²) in [5.74, 6) is 0. The SMILES string of the molecule is CC1=C(/C=C/C=C2/N(C)c3ccc4ccccc4c3C2(C)C)C(C)(Cc2ccccc2)c2ccc3ccccc3c21. The summed E-state index contributed by atoms with van der Waals surface area (Å²) in [6, 6.07) is 37.8. The molecule has 5 aromatic carbocycles. The summed E-state index contributed by atoms with van der Waals surface area (Å²) in [6.07, 6.45) is 8.01. The van der Waals surface area contributed by atoms with Gasteiger partial charge >= 0.3 is 0 Å². The van der Waals surface area contributed by atoms with Gasteiger partial charge in [-0.25, -0.2) is 0 Å². The number of fused-ring (bicyclic) bond motifs is 6. The zero-order chi connectivity index (χ0) is 28.4. The van der Waals surface area contributed by atoms with E-state index in [0.717, 1.165) is 6.42 Å². The second-order valence-electron chi connectivity index (χ2n) is 12.5. The van der Waals surface area contributed by atoms with Crippen LogP contribution in [-0.4, -0.2) is 7.05 Å². The quantitative estimate of drug-likeness (QED) is 0.223. The molecule has 7 rings (SSSR count). The maximum Gasteiger partial charge on any atom is 0.0454 e. The first-order chi connectivity index (χ1) is 19.8. The average Bonchev–Trinajstić information content (AvgIpc) is 3.32. The highest BCUT2D eigenvalue weighted by atomic mass is 15.2. The van der Waals surface area contributed by atoms with Gasteiger partial charge in [0.15, 0.2) is 0 Å². The Kier molecular flexibility index (Phi) is 5.84. The number of hydrogen-bond donors (Lipinski definition) is 0. The van der Waals surface area contributed by atoms with E-state index in [0.29, 0.717) is 0 Å². The molecule has 0 saturated heterocycles. The first-order valence-electron chi connectivity index (χ1n) is 14.7. The van der Waals surface area contributed by atoms with E-state index in [1.807, 2.05) is 0 Å². The lowest BCUT2D eigenvalue weighted by atomic mass is 9.74. The van der Waals surface area contributed by atoms with Crippen molar-refractivity contribution < 1.29 is 0 Å². The molecular weight excluding hydrogens is 494 g/mol. The molecule has 1 atom stereocenters. The summed E-state index contributed by atoms with van der Waals surface area (Å²) in [7, 11) is 2.21. The van der Waals surface area contributed by atoms with Gasteiger partial charge in [-0.2, -0.15) is 0 Å². The van der Waals surface area contributed by atoms with Gasteiger partial charge in [-0.15, -0.1) is 0 Å². The zero-order valence-corrected chi connectivity index (χ0v) is 24.7. The highest BCUT2D eigenvalue weighted by molar-refractivity contribution is 6.00. The Morgan fingerprint density at radius 1 is 0.707 bits per heavy atom. The minimum absolute atomic E-state index is 0.0963. The monoisotopic (exact) mass is 531 g/mol. The standard InChI is InChI=1S/C40H37N/c1-27-33(20-13-21-36-39(2,3)38-32-19-12-10-17-30(32)23-25-35(38)41(36)5)40(4,26-28-14-7-6-8-15-28)34-24-22-29-16-9-11-18-31(29)37(27)34/h6-25H,26H2,1-5H3/b20-13+,36-21+. The second-order valence-corrected chi connectivity index (χ2v) is 12.5. The van der Waals surface area contributed by atoms with Gasteiger partial charge in [-0.1, -0.05) is 130 Å².